The third-order valence-corrected chi connectivity index (χ3v) is 3.13. The molecule has 0 aliphatic carbocycles. The average Bonchev–Trinajstić information content (AvgIpc) is 2.32. The van der Waals surface area contributed by atoms with Gasteiger partial charge >= 0.3 is 0 Å². The summed E-state index contributed by atoms with van der Waals surface area (Å²) in [5.74, 6) is 1.96. The van der Waals surface area contributed by atoms with Crippen molar-refractivity contribution >= 4 is 23.2 Å². The molecule has 0 heterocycles. The third kappa shape index (κ3) is 2.93. The van der Waals surface area contributed by atoms with Gasteiger partial charge in [-0.05, 0) is 36.2 Å². The second kappa shape index (κ2) is 5.44. The molecule has 88 valence electrons. The van der Waals surface area contributed by atoms with Crippen LogP contribution in [0, 0.1) is 6.92 Å². The zero-order valence-electron chi connectivity index (χ0n) is 9.41. The molecule has 0 saturated heterocycles. The van der Waals surface area contributed by atoms with Crippen molar-refractivity contribution in [3.63, 3.8) is 0 Å². The lowest BCUT2D eigenvalue weighted by atomic mass is 10.2. The van der Waals surface area contributed by atoms with Crippen LogP contribution in [0.1, 0.15) is 11.1 Å². The van der Waals surface area contributed by atoms with Crippen molar-refractivity contribution in [1.82, 2.24) is 0 Å². The second-order valence-corrected chi connectivity index (χ2v) is 4.43. The first-order valence-corrected chi connectivity index (χ1v) is 6.20. The molecule has 2 aromatic rings. The predicted molar refractivity (Wildman–Crippen MR) is 72.3 cm³/mol. The minimum atomic E-state index is 0.406. The number of alkyl halides is 1. The average molecular weight is 267 g/mol. The second-order valence-electron chi connectivity index (χ2n) is 3.75. The molecule has 0 fully saturated rings. The Bertz CT molecular complexity index is 523. The maximum atomic E-state index is 6.07. The summed E-state index contributed by atoms with van der Waals surface area (Å²) in [6.07, 6.45) is 0. The Labute approximate surface area is 111 Å². The smallest absolute Gasteiger partial charge is 0.130 e. The maximum Gasteiger partial charge on any atom is 0.130 e. The van der Waals surface area contributed by atoms with E-state index in [1.165, 1.54) is 0 Å². The van der Waals surface area contributed by atoms with Crippen LogP contribution in [0.4, 0.5) is 0 Å². The van der Waals surface area contributed by atoms with E-state index in [-0.39, 0.29) is 0 Å². The van der Waals surface area contributed by atoms with E-state index in [1.807, 2.05) is 43.3 Å². The molecule has 0 N–H and O–H groups in total. The lowest BCUT2D eigenvalue weighted by Gasteiger charge is -2.09. The van der Waals surface area contributed by atoms with Crippen molar-refractivity contribution < 1.29 is 4.74 Å². The van der Waals surface area contributed by atoms with Crippen LogP contribution in [0.5, 0.6) is 11.5 Å². The van der Waals surface area contributed by atoms with Crippen molar-refractivity contribution in [2.45, 2.75) is 12.8 Å². The Morgan fingerprint density at radius 2 is 1.88 bits per heavy atom. The van der Waals surface area contributed by atoms with Crippen LogP contribution in [0.15, 0.2) is 42.5 Å². The minimum Gasteiger partial charge on any atom is -0.457 e. The summed E-state index contributed by atoms with van der Waals surface area (Å²) >= 11 is 11.8. The van der Waals surface area contributed by atoms with E-state index in [0.29, 0.717) is 10.9 Å². The van der Waals surface area contributed by atoms with Gasteiger partial charge < -0.3 is 4.74 Å². The summed E-state index contributed by atoms with van der Waals surface area (Å²) in [6, 6.07) is 13.4. The molecule has 0 radical (unpaired) electrons. The number of aryl methyl sites for hydroxylation is 1. The quantitative estimate of drug-likeness (QED) is 0.696. The van der Waals surface area contributed by atoms with Crippen molar-refractivity contribution in [3.8, 4) is 11.5 Å². The van der Waals surface area contributed by atoms with Crippen LogP contribution >= 0.6 is 23.2 Å². The highest BCUT2D eigenvalue weighted by Crippen LogP contribution is 2.29. The zero-order valence-corrected chi connectivity index (χ0v) is 10.9. The van der Waals surface area contributed by atoms with Crippen LogP contribution in [-0.4, -0.2) is 0 Å². The van der Waals surface area contributed by atoms with Crippen LogP contribution < -0.4 is 4.74 Å². The number of rotatable bonds is 3. The molecular weight excluding hydrogens is 255 g/mol. The molecule has 1 nitrogen and oxygen atoms in total. The Morgan fingerprint density at radius 1 is 1.12 bits per heavy atom. The lowest BCUT2D eigenvalue weighted by molar-refractivity contribution is 0.479. The molecule has 0 saturated carbocycles. The summed E-state index contributed by atoms with van der Waals surface area (Å²) in [4.78, 5) is 0. The van der Waals surface area contributed by atoms with Crippen molar-refractivity contribution in [2.24, 2.45) is 0 Å². The first-order chi connectivity index (χ1) is 8.20. The molecule has 0 unspecified atom stereocenters. The van der Waals surface area contributed by atoms with Crippen molar-refractivity contribution in [3.05, 3.63) is 58.6 Å². The SMILES string of the molecule is Cc1ccccc1Oc1ccc(CCl)c(Cl)c1. The molecule has 0 atom stereocenters. The normalized spacial score (nSPS) is 10.3. The van der Waals surface area contributed by atoms with Gasteiger partial charge in [0.05, 0.1) is 0 Å². The van der Waals surface area contributed by atoms with Gasteiger partial charge in [-0.1, -0.05) is 35.9 Å². The fourth-order valence-electron chi connectivity index (χ4n) is 1.50. The zero-order chi connectivity index (χ0) is 12.3. The number of benzene rings is 2. The number of para-hydroxylation sites is 1. The van der Waals surface area contributed by atoms with Gasteiger partial charge in [0, 0.05) is 10.9 Å². The molecule has 0 spiro atoms. The predicted octanol–water partition coefficient (Wildman–Crippen LogP) is 5.18. The van der Waals surface area contributed by atoms with E-state index in [4.69, 9.17) is 27.9 Å². The van der Waals surface area contributed by atoms with Gasteiger partial charge in [-0.2, -0.15) is 0 Å². The van der Waals surface area contributed by atoms with E-state index in [9.17, 15) is 0 Å². The van der Waals surface area contributed by atoms with Crippen LogP contribution in [0.25, 0.3) is 0 Å². The van der Waals surface area contributed by atoms with Gasteiger partial charge in [0.15, 0.2) is 0 Å². The summed E-state index contributed by atoms with van der Waals surface area (Å²) in [6.45, 7) is 2.00. The van der Waals surface area contributed by atoms with E-state index in [0.717, 1.165) is 22.6 Å². The Kier molecular flexibility index (Phi) is 3.93. The fourth-order valence-corrected chi connectivity index (χ4v) is 2.04. The highest BCUT2D eigenvalue weighted by molar-refractivity contribution is 6.32. The Balaban J connectivity index is 2.25. The fraction of sp³-hybridized carbons (Fsp3) is 0.143. The van der Waals surface area contributed by atoms with E-state index < -0.39 is 0 Å². The molecule has 17 heavy (non-hydrogen) atoms. The third-order valence-electron chi connectivity index (χ3n) is 2.49. The number of ether oxygens (including phenoxy) is 1. The van der Waals surface area contributed by atoms with E-state index >= 15 is 0 Å². The van der Waals surface area contributed by atoms with Crippen LogP contribution in [-0.2, 0) is 5.88 Å². The van der Waals surface area contributed by atoms with Gasteiger partial charge in [0.2, 0.25) is 0 Å². The van der Waals surface area contributed by atoms with Gasteiger partial charge in [-0.25, -0.2) is 0 Å². The molecule has 0 bridgehead atoms. The van der Waals surface area contributed by atoms with E-state index in [2.05, 4.69) is 0 Å². The Morgan fingerprint density at radius 3 is 2.53 bits per heavy atom. The standard InChI is InChI=1S/C14H12Cl2O/c1-10-4-2-3-5-14(10)17-12-7-6-11(9-15)13(16)8-12/h2-8H,9H2,1H3. The lowest BCUT2D eigenvalue weighted by Crippen LogP contribution is -1.88. The summed E-state index contributed by atoms with van der Waals surface area (Å²) < 4.78 is 5.76. The summed E-state index contributed by atoms with van der Waals surface area (Å²) in [7, 11) is 0. The molecule has 0 aliphatic rings. The molecule has 3 heteroatoms. The highest BCUT2D eigenvalue weighted by atomic mass is 35.5. The molecule has 0 amide bonds. The first-order valence-electron chi connectivity index (χ1n) is 5.28. The topological polar surface area (TPSA) is 9.23 Å². The van der Waals surface area contributed by atoms with Gasteiger partial charge in [0.1, 0.15) is 11.5 Å². The summed E-state index contributed by atoms with van der Waals surface area (Å²) in [5, 5.41) is 0.631. The first kappa shape index (κ1) is 12.3. The molecular formula is C14H12Cl2O. The number of halogens is 2. The molecule has 2 aromatic carbocycles. The van der Waals surface area contributed by atoms with Crippen molar-refractivity contribution in [2.75, 3.05) is 0 Å². The summed E-state index contributed by atoms with van der Waals surface area (Å²) in [5.41, 5.74) is 2.00. The van der Waals surface area contributed by atoms with E-state index in [1.54, 1.807) is 6.07 Å². The monoisotopic (exact) mass is 266 g/mol. The molecule has 0 aliphatic heterocycles. The van der Waals surface area contributed by atoms with Gasteiger partial charge in [-0.15, -0.1) is 11.6 Å². The number of hydrogen-bond acceptors (Lipinski definition) is 1. The van der Waals surface area contributed by atoms with Gasteiger partial charge in [-0.3, -0.25) is 0 Å². The number of hydrogen-bond donors (Lipinski definition) is 0. The Hall–Kier alpha value is -1.18. The van der Waals surface area contributed by atoms with Crippen LogP contribution in [0.3, 0.4) is 0 Å². The molecule has 2 rings (SSSR count). The van der Waals surface area contributed by atoms with Gasteiger partial charge in [0.25, 0.3) is 0 Å². The minimum absolute atomic E-state index is 0.406. The largest absolute Gasteiger partial charge is 0.457 e. The van der Waals surface area contributed by atoms with Crippen LogP contribution in [0.2, 0.25) is 5.02 Å². The molecule has 0 aromatic heterocycles. The van der Waals surface area contributed by atoms with Crippen molar-refractivity contribution in [1.29, 1.82) is 0 Å². The maximum absolute atomic E-state index is 6.07. The highest BCUT2D eigenvalue weighted by Gasteiger charge is 2.04.